The van der Waals surface area contributed by atoms with Crippen LogP contribution in [0.2, 0.25) is 0 Å². The molecule has 0 radical (unpaired) electrons. The summed E-state index contributed by atoms with van der Waals surface area (Å²) < 4.78 is 10.8. The first-order chi connectivity index (χ1) is 23.3. The summed E-state index contributed by atoms with van der Waals surface area (Å²) in [4.78, 5) is 13.9. The molecule has 5 aromatic heterocycles. The van der Waals surface area contributed by atoms with Crippen molar-refractivity contribution in [2.24, 2.45) is 0 Å². The summed E-state index contributed by atoms with van der Waals surface area (Å²) in [6.07, 6.45) is 9.37. The molecular weight excluding hydrogens is 774 g/mol. The molecule has 0 aliphatic rings. The van der Waals surface area contributed by atoms with Crippen molar-refractivity contribution in [1.29, 1.82) is 0 Å². The fraction of sp³-hybridized carbons (Fsp3) is 0. The number of benzene rings is 5. The van der Waals surface area contributed by atoms with E-state index in [1.54, 1.807) is 6.20 Å². The Kier molecular flexibility index (Phi) is 6.59. The van der Waals surface area contributed by atoms with Gasteiger partial charge >= 0.3 is 21.1 Å². The van der Waals surface area contributed by atoms with E-state index in [0.717, 1.165) is 71.5 Å². The largest absolute Gasteiger partial charge is 2.00 e. The van der Waals surface area contributed by atoms with Crippen LogP contribution in [0, 0.1) is 12.1 Å². The first-order valence-electron chi connectivity index (χ1n) is 15.4. The zero-order chi connectivity index (χ0) is 30.9. The molecule has 0 spiro atoms. The van der Waals surface area contributed by atoms with Gasteiger partial charge in [-0.15, -0.1) is 12.1 Å². The van der Waals surface area contributed by atoms with E-state index < -0.39 is 0 Å². The summed E-state index contributed by atoms with van der Waals surface area (Å²) in [5.74, 6) is 1.17. The van der Waals surface area contributed by atoms with Gasteiger partial charge in [0.2, 0.25) is 0 Å². The fourth-order valence-electron chi connectivity index (χ4n) is 6.82. The standard InChI is InChI=1S/C41H23N5O.Pt/c1-3-7-26(8-4-1)28-11-14-33-31-15-12-30(23-36(31)41-44-25-38(46(41)37(33)21-28)27-9-5-2-6-10-27)47-29-13-16-32-34-17-18-42-24-39(34)45-20-19-43-40(45)35(32)22-29;/h1-21,24-25H;/q-2;+2. The van der Waals surface area contributed by atoms with Crippen LogP contribution in [-0.2, 0) is 21.1 Å². The normalized spacial score (nSPS) is 11.6. The van der Waals surface area contributed by atoms with Crippen molar-refractivity contribution in [3.63, 3.8) is 0 Å². The van der Waals surface area contributed by atoms with Gasteiger partial charge in [-0.05, 0) is 39.6 Å². The van der Waals surface area contributed by atoms with Gasteiger partial charge in [0.05, 0.1) is 22.5 Å². The Morgan fingerprint density at radius 2 is 1.21 bits per heavy atom. The third kappa shape index (κ3) is 4.34. The molecule has 0 atom stereocenters. The van der Waals surface area contributed by atoms with Gasteiger partial charge in [0.1, 0.15) is 0 Å². The number of hydrogen-bond donors (Lipinski definition) is 0. The first kappa shape index (κ1) is 28.4. The summed E-state index contributed by atoms with van der Waals surface area (Å²) in [5.41, 5.74) is 8.15. The monoisotopic (exact) mass is 796 g/mol. The smallest absolute Gasteiger partial charge is 0.497 e. The van der Waals surface area contributed by atoms with Crippen LogP contribution in [-0.4, -0.2) is 23.8 Å². The Balaban J connectivity index is 0.00000314. The van der Waals surface area contributed by atoms with Crippen LogP contribution in [0.4, 0.5) is 0 Å². The first-order valence-corrected chi connectivity index (χ1v) is 15.4. The topological polar surface area (TPSA) is 56.7 Å². The molecule has 228 valence electrons. The van der Waals surface area contributed by atoms with Crippen molar-refractivity contribution >= 4 is 54.6 Å². The minimum absolute atomic E-state index is 0. The molecule has 0 fully saturated rings. The van der Waals surface area contributed by atoms with Crippen molar-refractivity contribution in [2.45, 2.75) is 0 Å². The third-order valence-corrected chi connectivity index (χ3v) is 8.96. The maximum Gasteiger partial charge on any atom is 2.00 e. The van der Waals surface area contributed by atoms with Gasteiger partial charge in [0.25, 0.3) is 0 Å². The average molecular weight is 797 g/mol. The summed E-state index contributed by atoms with van der Waals surface area (Å²) in [6, 6.07) is 44.7. The van der Waals surface area contributed by atoms with Gasteiger partial charge in [0, 0.05) is 48.0 Å². The second-order valence-corrected chi connectivity index (χ2v) is 11.6. The van der Waals surface area contributed by atoms with E-state index >= 15 is 0 Å². The molecule has 48 heavy (non-hydrogen) atoms. The number of imidazole rings is 2. The van der Waals surface area contributed by atoms with Crippen LogP contribution in [0.25, 0.3) is 77.0 Å². The van der Waals surface area contributed by atoms with Crippen molar-refractivity contribution in [3.8, 4) is 33.9 Å². The van der Waals surface area contributed by atoms with E-state index in [-0.39, 0.29) is 21.1 Å². The molecule has 10 aromatic rings. The Bertz CT molecular complexity index is 2830. The maximum atomic E-state index is 6.46. The van der Waals surface area contributed by atoms with Gasteiger partial charge in [-0.25, -0.2) is 0 Å². The van der Waals surface area contributed by atoms with Crippen LogP contribution in [0.1, 0.15) is 0 Å². The van der Waals surface area contributed by atoms with Crippen molar-refractivity contribution < 1.29 is 25.8 Å². The third-order valence-electron chi connectivity index (χ3n) is 8.96. The number of nitrogens with zero attached hydrogens (tertiary/aromatic N) is 5. The van der Waals surface area contributed by atoms with Crippen molar-refractivity contribution in [1.82, 2.24) is 23.8 Å². The molecule has 0 saturated heterocycles. The molecule has 0 amide bonds. The molecule has 0 unspecified atom stereocenters. The number of hydrogen-bond acceptors (Lipinski definition) is 4. The molecule has 0 saturated carbocycles. The number of ether oxygens (including phenoxy) is 1. The van der Waals surface area contributed by atoms with Gasteiger partial charge in [0.15, 0.2) is 0 Å². The molecule has 0 N–H and O–H groups in total. The minimum Gasteiger partial charge on any atom is -0.497 e. The number of pyridine rings is 3. The van der Waals surface area contributed by atoms with E-state index in [9.17, 15) is 0 Å². The number of aromatic nitrogens is 5. The zero-order valence-corrected chi connectivity index (χ0v) is 27.5. The Morgan fingerprint density at radius 3 is 1.96 bits per heavy atom. The average Bonchev–Trinajstić information content (AvgIpc) is 3.82. The van der Waals surface area contributed by atoms with Gasteiger partial charge < -0.3 is 13.5 Å². The van der Waals surface area contributed by atoms with Crippen molar-refractivity contribution in [2.75, 3.05) is 0 Å². The molecular formula is C41H23N5OPt. The SMILES string of the molecule is [Pt+2].[c-]1c(Oc2[c-]c3c(cc2)c2ccc(-c4ccccc4)cc2n2c(-c4ccccc4)cnc32)ccc2c1c1nccn1c1cnccc21. The molecule has 6 nitrogen and oxygen atoms in total. The van der Waals surface area contributed by atoms with E-state index in [1.165, 1.54) is 5.56 Å². The Labute approximate surface area is 289 Å². The predicted octanol–water partition coefficient (Wildman–Crippen LogP) is 9.71. The summed E-state index contributed by atoms with van der Waals surface area (Å²) in [7, 11) is 0. The zero-order valence-electron chi connectivity index (χ0n) is 25.2. The minimum atomic E-state index is 0. The van der Waals surface area contributed by atoms with Crippen LogP contribution in [0.15, 0.2) is 140 Å². The summed E-state index contributed by atoms with van der Waals surface area (Å²) in [6.45, 7) is 0. The second-order valence-electron chi connectivity index (χ2n) is 11.6. The quantitative estimate of drug-likeness (QED) is 0.132. The molecule has 7 heteroatoms. The Hall–Kier alpha value is -5.84. The predicted molar refractivity (Wildman–Crippen MR) is 187 cm³/mol. The van der Waals surface area contributed by atoms with E-state index in [2.05, 4.69) is 105 Å². The summed E-state index contributed by atoms with van der Waals surface area (Å²) in [5, 5.41) is 6.08. The molecule has 5 aromatic carbocycles. The molecule has 5 heterocycles. The van der Waals surface area contributed by atoms with Gasteiger partial charge in [-0.2, -0.15) is 0 Å². The van der Waals surface area contributed by atoms with Crippen LogP contribution in [0.3, 0.4) is 0 Å². The van der Waals surface area contributed by atoms with Gasteiger partial charge in [-0.3, -0.25) is 15.0 Å². The second kappa shape index (κ2) is 11.1. The van der Waals surface area contributed by atoms with E-state index in [0.29, 0.717) is 11.5 Å². The summed E-state index contributed by atoms with van der Waals surface area (Å²) >= 11 is 0. The van der Waals surface area contributed by atoms with Crippen LogP contribution >= 0.6 is 0 Å². The van der Waals surface area contributed by atoms with Crippen LogP contribution < -0.4 is 4.74 Å². The molecule has 0 aliphatic heterocycles. The van der Waals surface area contributed by atoms with Gasteiger partial charge in [-0.1, -0.05) is 119 Å². The van der Waals surface area contributed by atoms with Crippen molar-refractivity contribution in [3.05, 3.63) is 152 Å². The number of fused-ring (bicyclic) bond motifs is 12. The molecule has 0 bridgehead atoms. The molecule has 0 aliphatic carbocycles. The number of rotatable bonds is 4. The van der Waals surface area contributed by atoms with Crippen LogP contribution in [0.5, 0.6) is 11.5 Å². The Morgan fingerprint density at radius 1 is 0.542 bits per heavy atom. The maximum absolute atomic E-state index is 6.46. The molecule has 10 rings (SSSR count). The van der Waals surface area contributed by atoms with E-state index in [4.69, 9.17) is 9.72 Å². The van der Waals surface area contributed by atoms with E-state index in [1.807, 2.05) is 59.5 Å². The fourth-order valence-corrected chi connectivity index (χ4v) is 6.82.